The number of hydrogen-bond acceptors (Lipinski definition) is 4. The molecule has 1 aromatic carbocycles. The van der Waals surface area contributed by atoms with E-state index in [-0.39, 0.29) is 5.91 Å². The zero-order chi connectivity index (χ0) is 16.4. The summed E-state index contributed by atoms with van der Waals surface area (Å²) in [6.07, 6.45) is 2.28. The summed E-state index contributed by atoms with van der Waals surface area (Å²) in [7, 11) is 3.49. The van der Waals surface area contributed by atoms with Gasteiger partial charge in [-0.15, -0.1) is 0 Å². The Morgan fingerprint density at radius 3 is 2.57 bits per heavy atom. The van der Waals surface area contributed by atoms with Crippen LogP contribution in [0.3, 0.4) is 0 Å². The maximum atomic E-state index is 11.9. The Morgan fingerprint density at radius 2 is 1.96 bits per heavy atom. The van der Waals surface area contributed by atoms with Gasteiger partial charge in [0.05, 0.1) is 0 Å². The van der Waals surface area contributed by atoms with E-state index < -0.39 is 0 Å². The van der Waals surface area contributed by atoms with E-state index in [9.17, 15) is 4.79 Å². The summed E-state index contributed by atoms with van der Waals surface area (Å²) >= 11 is 6.06. The highest BCUT2D eigenvalue weighted by Gasteiger charge is 2.27. The number of halogens is 1. The maximum Gasteiger partial charge on any atom is 0.253 e. The molecule has 3 rings (SSSR count). The quantitative estimate of drug-likeness (QED) is 0.854. The number of amides is 1. The van der Waals surface area contributed by atoms with Crippen molar-refractivity contribution in [1.82, 2.24) is 14.9 Å². The fourth-order valence-electron chi connectivity index (χ4n) is 2.27. The van der Waals surface area contributed by atoms with Gasteiger partial charge >= 0.3 is 0 Å². The molecule has 0 saturated heterocycles. The Morgan fingerprint density at radius 1 is 1.26 bits per heavy atom. The first-order chi connectivity index (χ1) is 11.0. The lowest BCUT2D eigenvalue weighted by atomic mass is 10.1. The lowest BCUT2D eigenvalue weighted by Crippen LogP contribution is -2.21. The lowest BCUT2D eigenvalue weighted by Gasteiger charge is -2.11. The van der Waals surface area contributed by atoms with Crippen LogP contribution in [0.2, 0.25) is 5.15 Å². The molecule has 5 nitrogen and oxygen atoms in total. The van der Waals surface area contributed by atoms with Crippen molar-refractivity contribution in [3.05, 3.63) is 52.4 Å². The van der Waals surface area contributed by atoms with Crippen molar-refractivity contribution < 1.29 is 4.79 Å². The van der Waals surface area contributed by atoms with Crippen LogP contribution in [-0.4, -0.2) is 34.9 Å². The molecule has 1 heterocycles. The van der Waals surface area contributed by atoms with E-state index in [0.29, 0.717) is 23.2 Å². The Kier molecular flexibility index (Phi) is 4.48. The van der Waals surface area contributed by atoms with Gasteiger partial charge < -0.3 is 10.2 Å². The van der Waals surface area contributed by atoms with Gasteiger partial charge in [0.2, 0.25) is 0 Å². The Bertz CT molecular complexity index is 711. The summed E-state index contributed by atoms with van der Waals surface area (Å²) in [5.74, 6) is 2.03. The van der Waals surface area contributed by atoms with Gasteiger partial charge in [-0.2, -0.15) is 0 Å². The van der Waals surface area contributed by atoms with Gasteiger partial charge in [0.15, 0.2) is 0 Å². The second-order valence-corrected chi connectivity index (χ2v) is 6.35. The predicted octanol–water partition coefficient (Wildman–Crippen LogP) is 3.32. The standard InChI is InChI=1S/C17H19ClN4O/c1-22(2)17(23)13-5-3-11(4-6-13)10-19-15-9-14(18)20-16(21-15)12-7-8-12/h3-6,9,12H,7-8,10H2,1-2H3,(H,19,20,21). The molecule has 1 aliphatic carbocycles. The van der Waals surface area contributed by atoms with Gasteiger partial charge in [-0.05, 0) is 30.5 Å². The van der Waals surface area contributed by atoms with Crippen molar-refractivity contribution in [2.24, 2.45) is 0 Å². The minimum atomic E-state index is 0.00108. The molecule has 1 amide bonds. The number of carbonyl (C=O) groups is 1. The molecule has 0 bridgehead atoms. The average Bonchev–Trinajstić information content (AvgIpc) is 3.37. The molecule has 0 radical (unpaired) electrons. The van der Waals surface area contributed by atoms with E-state index in [1.54, 1.807) is 25.1 Å². The maximum absolute atomic E-state index is 11.9. The molecule has 23 heavy (non-hydrogen) atoms. The summed E-state index contributed by atoms with van der Waals surface area (Å²) < 4.78 is 0. The number of benzene rings is 1. The van der Waals surface area contributed by atoms with Crippen LogP contribution in [0, 0.1) is 0 Å². The molecular formula is C17H19ClN4O. The van der Waals surface area contributed by atoms with Gasteiger partial charge in [-0.25, -0.2) is 9.97 Å². The van der Waals surface area contributed by atoms with Gasteiger partial charge in [0.1, 0.15) is 16.8 Å². The molecular weight excluding hydrogens is 312 g/mol. The first-order valence-electron chi connectivity index (χ1n) is 7.62. The van der Waals surface area contributed by atoms with Crippen molar-refractivity contribution in [2.75, 3.05) is 19.4 Å². The first kappa shape index (κ1) is 15.7. The summed E-state index contributed by atoms with van der Waals surface area (Å²) in [6, 6.07) is 9.28. The van der Waals surface area contributed by atoms with E-state index in [2.05, 4.69) is 15.3 Å². The van der Waals surface area contributed by atoms with Gasteiger partial charge in [-0.3, -0.25) is 4.79 Å². The summed E-state index contributed by atoms with van der Waals surface area (Å²) in [4.78, 5) is 22.2. The first-order valence-corrected chi connectivity index (χ1v) is 7.99. The van der Waals surface area contributed by atoms with Crippen LogP contribution >= 0.6 is 11.6 Å². The highest BCUT2D eigenvalue weighted by Crippen LogP contribution is 2.38. The minimum absolute atomic E-state index is 0.00108. The van der Waals surface area contributed by atoms with Crippen LogP contribution in [-0.2, 0) is 6.54 Å². The Balaban J connectivity index is 1.65. The summed E-state index contributed by atoms with van der Waals surface area (Å²) in [5.41, 5.74) is 1.75. The van der Waals surface area contributed by atoms with Gasteiger partial charge in [0.25, 0.3) is 5.91 Å². The third-order valence-electron chi connectivity index (χ3n) is 3.74. The van der Waals surface area contributed by atoms with E-state index in [1.165, 1.54) is 0 Å². The van der Waals surface area contributed by atoms with E-state index in [4.69, 9.17) is 11.6 Å². The molecule has 0 unspecified atom stereocenters. The number of carbonyl (C=O) groups excluding carboxylic acids is 1. The van der Waals surface area contributed by atoms with Crippen LogP contribution in [0.4, 0.5) is 5.82 Å². The van der Waals surface area contributed by atoms with E-state index >= 15 is 0 Å². The van der Waals surface area contributed by atoms with Crippen molar-refractivity contribution in [3.63, 3.8) is 0 Å². The summed E-state index contributed by atoms with van der Waals surface area (Å²) in [6.45, 7) is 0.619. The average molecular weight is 331 g/mol. The monoisotopic (exact) mass is 330 g/mol. The van der Waals surface area contributed by atoms with Crippen molar-refractivity contribution in [2.45, 2.75) is 25.3 Å². The minimum Gasteiger partial charge on any atom is -0.366 e. The molecule has 0 aliphatic heterocycles. The zero-order valence-electron chi connectivity index (χ0n) is 13.2. The SMILES string of the molecule is CN(C)C(=O)c1ccc(CNc2cc(Cl)nc(C3CC3)n2)cc1. The fraction of sp³-hybridized carbons (Fsp3) is 0.353. The van der Waals surface area contributed by atoms with Crippen LogP contribution < -0.4 is 5.32 Å². The van der Waals surface area contributed by atoms with Crippen molar-refractivity contribution in [1.29, 1.82) is 0 Å². The molecule has 1 aliphatic rings. The highest BCUT2D eigenvalue weighted by molar-refractivity contribution is 6.29. The third-order valence-corrected chi connectivity index (χ3v) is 3.93. The van der Waals surface area contributed by atoms with Crippen LogP contribution in [0.1, 0.15) is 40.5 Å². The van der Waals surface area contributed by atoms with Crippen LogP contribution in [0.5, 0.6) is 0 Å². The van der Waals surface area contributed by atoms with Crippen LogP contribution in [0.15, 0.2) is 30.3 Å². The smallest absolute Gasteiger partial charge is 0.253 e. The number of rotatable bonds is 5. The molecule has 120 valence electrons. The number of aromatic nitrogens is 2. The molecule has 1 fully saturated rings. The largest absolute Gasteiger partial charge is 0.366 e. The second-order valence-electron chi connectivity index (χ2n) is 5.96. The topological polar surface area (TPSA) is 58.1 Å². The molecule has 1 N–H and O–H groups in total. The van der Waals surface area contributed by atoms with Crippen molar-refractivity contribution >= 4 is 23.3 Å². The molecule has 1 saturated carbocycles. The zero-order valence-corrected chi connectivity index (χ0v) is 14.0. The number of hydrogen-bond donors (Lipinski definition) is 1. The molecule has 0 spiro atoms. The number of nitrogens with zero attached hydrogens (tertiary/aromatic N) is 3. The normalized spacial score (nSPS) is 13.7. The highest BCUT2D eigenvalue weighted by atomic mass is 35.5. The third kappa shape index (κ3) is 3.99. The number of nitrogens with one attached hydrogen (secondary N) is 1. The molecule has 2 aromatic rings. The predicted molar refractivity (Wildman–Crippen MR) is 90.8 cm³/mol. The van der Waals surface area contributed by atoms with Gasteiger partial charge in [0, 0.05) is 38.2 Å². The molecule has 1 aromatic heterocycles. The summed E-state index contributed by atoms with van der Waals surface area (Å²) in [5, 5.41) is 3.73. The molecule has 0 atom stereocenters. The van der Waals surface area contributed by atoms with E-state index in [1.807, 2.05) is 24.3 Å². The number of anilines is 1. The molecule has 6 heteroatoms. The van der Waals surface area contributed by atoms with E-state index in [0.717, 1.165) is 30.0 Å². The lowest BCUT2D eigenvalue weighted by molar-refractivity contribution is 0.0827. The Labute approximate surface area is 140 Å². The fourth-order valence-corrected chi connectivity index (χ4v) is 2.46. The Hall–Kier alpha value is -2.14. The van der Waals surface area contributed by atoms with Gasteiger partial charge in [-0.1, -0.05) is 23.7 Å². The van der Waals surface area contributed by atoms with Crippen LogP contribution in [0.25, 0.3) is 0 Å². The van der Waals surface area contributed by atoms with Crippen molar-refractivity contribution in [3.8, 4) is 0 Å². The second kappa shape index (κ2) is 6.54.